The van der Waals surface area contributed by atoms with Crippen molar-refractivity contribution in [3.8, 4) is 0 Å². The molecule has 3 rings (SSSR count). The predicted molar refractivity (Wildman–Crippen MR) is 71.4 cm³/mol. The highest BCUT2D eigenvalue weighted by molar-refractivity contribution is 7.18. The maximum absolute atomic E-state index is 5.05. The Morgan fingerprint density at radius 3 is 3.00 bits per heavy atom. The highest BCUT2D eigenvalue weighted by Gasteiger charge is 2.11. The molecule has 0 aliphatic heterocycles. The van der Waals surface area contributed by atoms with Crippen molar-refractivity contribution in [2.75, 3.05) is 0 Å². The molecule has 0 aliphatic rings. The molecule has 3 aromatic rings. The molecule has 2 heterocycles. The molecule has 0 saturated carbocycles. The minimum atomic E-state index is 0.201. The van der Waals surface area contributed by atoms with Crippen LogP contribution in [0.2, 0.25) is 0 Å². The van der Waals surface area contributed by atoms with E-state index in [1.54, 1.807) is 17.5 Å². The molecular weight excluding hydrogens is 246 g/mol. The summed E-state index contributed by atoms with van der Waals surface area (Å²) in [4.78, 5) is 4.62. The monoisotopic (exact) mass is 259 g/mol. The second kappa shape index (κ2) is 4.88. The molecule has 1 N–H and O–H groups in total. The van der Waals surface area contributed by atoms with Gasteiger partial charge in [-0.15, -0.1) is 11.3 Å². The van der Waals surface area contributed by atoms with Crippen LogP contribution in [-0.4, -0.2) is 10.1 Å². The minimum Gasteiger partial charge on any atom is -0.360 e. The van der Waals surface area contributed by atoms with Crippen molar-refractivity contribution in [1.82, 2.24) is 15.5 Å². The van der Waals surface area contributed by atoms with Crippen LogP contribution < -0.4 is 5.32 Å². The summed E-state index contributed by atoms with van der Waals surface area (Å²) >= 11 is 1.72. The molecule has 2 aromatic heterocycles. The van der Waals surface area contributed by atoms with Crippen molar-refractivity contribution in [3.63, 3.8) is 0 Å². The number of fused-ring (bicyclic) bond motifs is 1. The molecule has 0 bridgehead atoms. The number of para-hydroxylation sites is 1. The summed E-state index contributed by atoms with van der Waals surface area (Å²) in [5.41, 5.74) is 1.06. The van der Waals surface area contributed by atoms with Crippen molar-refractivity contribution < 1.29 is 4.52 Å². The lowest BCUT2D eigenvalue weighted by molar-refractivity contribution is 0.366. The fourth-order valence-corrected chi connectivity index (χ4v) is 2.74. The van der Waals surface area contributed by atoms with Crippen LogP contribution in [0.25, 0.3) is 10.2 Å². The van der Waals surface area contributed by atoms with Crippen molar-refractivity contribution in [2.45, 2.75) is 19.5 Å². The Kier molecular flexibility index (Phi) is 3.08. The predicted octanol–water partition coefficient (Wildman–Crippen LogP) is 3.14. The lowest BCUT2D eigenvalue weighted by Gasteiger charge is -2.08. The minimum absolute atomic E-state index is 0.201. The van der Waals surface area contributed by atoms with Crippen LogP contribution in [0.5, 0.6) is 0 Å². The summed E-state index contributed by atoms with van der Waals surface area (Å²) in [5, 5.41) is 8.15. The largest absolute Gasteiger partial charge is 0.360 e. The van der Waals surface area contributed by atoms with Crippen molar-refractivity contribution >= 4 is 21.6 Å². The van der Waals surface area contributed by atoms with Gasteiger partial charge in [0, 0.05) is 6.07 Å². The van der Waals surface area contributed by atoms with Gasteiger partial charge in [-0.1, -0.05) is 17.3 Å². The third-order valence-corrected chi connectivity index (χ3v) is 3.97. The molecule has 5 heteroatoms. The van der Waals surface area contributed by atoms with E-state index in [4.69, 9.17) is 4.52 Å². The van der Waals surface area contributed by atoms with Crippen molar-refractivity contribution in [3.05, 3.63) is 47.3 Å². The van der Waals surface area contributed by atoms with E-state index in [1.165, 1.54) is 4.70 Å². The smallest absolute Gasteiger partial charge is 0.150 e. The van der Waals surface area contributed by atoms with E-state index in [0.717, 1.165) is 16.3 Å². The van der Waals surface area contributed by atoms with Crippen molar-refractivity contribution in [2.24, 2.45) is 0 Å². The number of aromatic nitrogens is 2. The Labute approximate surface area is 109 Å². The zero-order chi connectivity index (χ0) is 12.4. The number of hydrogen-bond donors (Lipinski definition) is 1. The van der Waals surface area contributed by atoms with E-state index in [0.29, 0.717) is 6.54 Å². The Morgan fingerprint density at radius 1 is 1.33 bits per heavy atom. The summed E-state index contributed by atoms with van der Waals surface area (Å²) in [7, 11) is 0. The Bertz CT molecular complexity index is 600. The number of thiazole rings is 1. The van der Waals surface area contributed by atoms with E-state index < -0.39 is 0 Å². The van der Waals surface area contributed by atoms with Crippen LogP contribution in [-0.2, 0) is 6.54 Å². The van der Waals surface area contributed by atoms with E-state index in [2.05, 4.69) is 28.4 Å². The molecule has 0 radical (unpaired) electrons. The summed E-state index contributed by atoms with van der Waals surface area (Å²) in [6.45, 7) is 2.77. The van der Waals surface area contributed by atoms with Gasteiger partial charge in [0.1, 0.15) is 10.8 Å². The lowest BCUT2D eigenvalue weighted by atomic mass is 10.3. The summed E-state index contributed by atoms with van der Waals surface area (Å²) < 4.78 is 6.27. The fourth-order valence-electron chi connectivity index (χ4n) is 1.75. The number of hydrogen-bond acceptors (Lipinski definition) is 5. The molecular formula is C13H13N3OS. The SMILES string of the molecule is CC(NCc1ccno1)c1nc2ccccc2s1. The van der Waals surface area contributed by atoms with Crippen LogP contribution in [0.1, 0.15) is 23.7 Å². The summed E-state index contributed by atoms with van der Waals surface area (Å²) in [5.74, 6) is 0.836. The Balaban J connectivity index is 1.73. The molecule has 1 unspecified atom stereocenters. The highest BCUT2D eigenvalue weighted by Crippen LogP contribution is 2.26. The maximum atomic E-state index is 5.05. The van der Waals surface area contributed by atoms with E-state index >= 15 is 0 Å². The summed E-state index contributed by atoms with van der Waals surface area (Å²) in [6.07, 6.45) is 1.65. The first-order valence-electron chi connectivity index (χ1n) is 5.81. The van der Waals surface area contributed by atoms with Gasteiger partial charge in [0.05, 0.1) is 29.0 Å². The van der Waals surface area contributed by atoms with Gasteiger partial charge in [-0.3, -0.25) is 0 Å². The molecule has 1 atom stereocenters. The Hall–Kier alpha value is -1.72. The van der Waals surface area contributed by atoms with Gasteiger partial charge < -0.3 is 9.84 Å². The molecule has 18 heavy (non-hydrogen) atoms. The quantitative estimate of drug-likeness (QED) is 0.782. The lowest BCUT2D eigenvalue weighted by Crippen LogP contribution is -2.17. The van der Waals surface area contributed by atoms with Gasteiger partial charge in [-0.05, 0) is 19.1 Å². The first kappa shape index (κ1) is 11.4. The molecule has 92 valence electrons. The highest BCUT2D eigenvalue weighted by atomic mass is 32.1. The van der Waals surface area contributed by atoms with Crippen LogP contribution in [0, 0.1) is 0 Å². The standard InChI is InChI=1S/C13H13N3OS/c1-9(14-8-10-6-7-15-17-10)13-16-11-4-2-3-5-12(11)18-13/h2-7,9,14H,8H2,1H3. The van der Waals surface area contributed by atoms with E-state index in [1.807, 2.05) is 24.3 Å². The second-order valence-electron chi connectivity index (χ2n) is 4.10. The van der Waals surface area contributed by atoms with Crippen molar-refractivity contribution in [1.29, 1.82) is 0 Å². The first-order valence-corrected chi connectivity index (χ1v) is 6.63. The molecule has 0 amide bonds. The first-order chi connectivity index (χ1) is 8.83. The van der Waals surface area contributed by atoms with Gasteiger partial charge in [-0.25, -0.2) is 4.98 Å². The van der Waals surface area contributed by atoms with E-state index in [-0.39, 0.29) is 6.04 Å². The third-order valence-electron chi connectivity index (χ3n) is 2.75. The average Bonchev–Trinajstić information content (AvgIpc) is 3.04. The van der Waals surface area contributed by atoms with Gasteiger partial charge in [-0.2, -0.15) is 0 Å². The van der Waals surface area contributed by atoms with Gasteiger partial charge in [0.15, 0.2) is 0 Å². The number of rotatable bonds is 4. The van der Waals surface area contributed by atoms with Crippen LogP contribution in [0.15, 0.2) is 41.1 Å². The van der Waals surface area contributed by atoms with Crippen LogP contribution in [0.3, 0.4) is 0 Å². The Morgan fingerprint density at radius 2 is 2.22 bits per heavy atom. The van der Waals surface area contributed by atoms with Crippen LogP contribution in [0.4, 0.5) is 0 Å². The molecule has 1 aromatic carbocycles. The second-order valence-corrected chi connectivity index (χ2v) is 5.16. The van der Waals surface area contributed by atoms with E-state index in [9.17, 15) is 0 Å². The molecule has 4 nitrogen and oxygen atoms in total. The maximum Gasteiger partial charge on any atom is 0.150 e. The molecule has 0 spiro atoms. The normalized spacial score (nSPS) is 12.9. The number of nitrogens with one attached hydrogen (secondary N) is 1. The van der Waals surface area contributed by atoms with Gasteiger partial charge in [0.25, 0.3) is 0 Å². The zero-order valence-corrected chi connectivity index (χ0v) is 10.8. The topological polar surface area (TPSA) is 51.0 Å². The molecule has 0 saturated heterocycles. The average molecular weight is 259 g/mol. The molecule has 0 aliphatic carbocycles. The van der Waals surface area contributed by atoms with Gasteiger partial charge in [0.2, 0.25) is 0 Å². The zero-order valence-electron chi connectivity index (χ0n) is 9.96. The number of nitrogens with zero attached hydrogens (tertiary/aromatic N) is 2. The number of benzene rings is 1. The third kappa shape index (κ3) is 2.27. The summed E-state index contributed by atoms with van der Waals surface area (Å²) in [6, 6.07) is 10.2. The molecule has 0 fully saturated rings. The van der Waals surface area contributed by atoms with Gasteiger partial charge >= 0.3 is 0 Å². The fraction of sp³-hybridized carbons (Fsp3) is 0.231. The van der Waals surface area contributed by atoms with Crippen LogP contribution >= 0.6 is 11.3 Å².